The number of hydrogen-bond acceptors (Lipinski definition) is 2. The molecule has 2 rings (SSSR count). The number of nitrogens with two attached hydrogens (primary N) is 1. The highest BCUT2D eigenvalue weighted by Gasteiger charge is 2.17. The summed E-state index contributed by atoms with van der Waals surface area (Å²) < 4.78 is 2.02. The summed E-state index contributed by atoms with van der Waals surface area (Å²) in [5.41, 5.74) is 5.94. The van der Waals surface area contributed by atoms with Gasteiger partial charge < -0.3 is 10.3 Å². The molecule has 1 heterocycles. The fourth-order valence-electron chi connectivity index (χ4n) is 2.06. The van der Waals surface area contributed by atoms with Crippen molar-refractivity contribution in [1.29, 1.82) is 0 Å². The van der Waals surface area contributed by atoms with Crippen LogP contribution in [0.15, 0.2) is 23.7 Å². The van der Waals surface area contributed by atoms with Crippen molar-refractivity contribution in [2.45, 2.75) is 32.2 Å². The van der Waals surface area contributed by atoms with E-state index in [2.05, 4.69) is 9.98 Å². The van der Waals surface area contributed by atoms with Crippen molar-refractivity contribution in [2.24, 2.45) is 16.6 Å². The highest BCUT2D eigenvalue weighted by Crippen LogP contribution is 2.24. The van der Waals surface area contributed by atoms with Gasteiger partial charge in [0.25, 0.3) is 0 Å². The van der Waals surface area contributed by atoms with E-state index >= 15 is 0 Å². The van der Waals surface area contributed by atoms with E-state index < -0.39 is 0 Å². The number of imidazole rings is 1. The smallest absolute Gasteiger partial charge is 0.0969 e. The standard InChI is InChI=1S/C11H18N4/c12-11(10-3-1-2-4-10)14-6-8-15-7-5-13-9-15/h5,7,9-10H,1-4,6,8H2,(H2,12,14). The maximum absolute atomic E-state index is 5.94. The second kappa shape index (κ2) is 4.96. The van der Waals surface area contributed by atoms with Crippen LogP contribution in [0.25, 0.3) is 0 Å². The van der Waals surface area contributed by atoms with Gasteiger partial charge in [-0.1, -0.05) is 12.8 Å². The lowest BCUT2D eigenvalue weighted by atomic mass is 10.1. The van der Waals surface area contributed by atoms with Gasteiger partial charge in [0.05, 0.1) is 18.7 Å². The lowest BCUT2D eigenvalue weighted by Gasteiger charge is -2.08. The SMILES string of the molecule is NC(=NCCn1ccnc1)C1CCCC1. The summed E-state index contributed by atoms with van der Waals surface area (Å²) >= 11 is 0. The summed E-state index contributed by atoms with van der Waals surface area (Å²) in [5, 5.41) is 0. The van der Waals surface area contributed by atoms with Gasteiger partial charge in [-0.15, -0.1) is 0 Å². The number of amidine groups is 1. The summed E-state index contributed by atoms with van der Waals surface area (Å²) in [5.74, 6) is 1.40. The van der Waals surface area contributed by atoms with Gasteiger partial charge in [-0.25, -0.2) is 4.98 Å². The van der Waals surface area contributed by atoms with Crippen molar-refractivity contribution in [1.82, 2.24) is 9.55 Å². The first-order valence-corrected chi connectivity index (χ1v) is 5.62. The van der Waals surface area contributed by atoms with Gasteiger partial charge in [0, 0.05) is 24.9 Å². The van der Waals surface area contributed by atoms with Crippen LogP contribution in [0.3, 0.4) is 0 Å². The normalized spacial score (nSPS) is 18.5. The fourth-order valence-corrected chi connectivity index (χ4v) is 2.06. The Labute approximate surface area is 90.2 Å². The molecule has 0 spiro atoms. The molecule has 82 valence electrons. The van der Waals surface area contributed by atoms with Crippen LogP contribution in [0.5, 0.6) is 0 Å². The van der Waals surface area contributed by atoms with Gasteiger partial charge >= 0.3 is 0 Å². The lowest BCUT2D eigenvalue weighted by molar-refractivity contribution is 0.683. The van der Waals surface area contributed by atoms with Gasteiger partial charge in [0.2, 0.25) is 0 Å². The van der Waals surface area contributed by atoms with Crippen LogP contribution >= 0.6 is 0 Å². The van der Waals surface area contributed by atoms with E-state index in [0.717, 1.165) is 18.9 Å². The number of aromatic nitrogens is 2. The maximum atomic E-state index is 5.94. The van der Waals surface area contributed by atoms with E-state index in [1.807, 2.05) is 10.8 Å². The van der Waals surface area contributed by atoms with Gasteiger partial charge in [-0.2, -0.15) is 0 Å². The molecule has 0 amide bonds. The van der Waals surface area contributed by atoms with Crippen LogP contribution in [0, 0.1) is 5.92 Å². The molecule has 0 radical (unpaired) electrons. The Morgan fingerprint density at radius 2 is 2.27 bits per heavy atom. The Morgan fingerprint density at radius 1 is 1.47 bits per heavy atom. The molecule has 4 heteroatoms. The third-order valence-electron chi connectivity index (χ3n) is 2.99. The zero-order valence-electron chi connectivity index (χ0n) is 8.97. The number of hydrogen-bond donors (Lipinski definition) is 1. The van der Waals surface area contributed by atoms with E-state index in [9.17, 15) is 0 Å². The maximum Gasteiger partial charge on any atom is 0.0969 e. The third kappa shape index (κ3) is 2.81. The quantitative estimate of drug-likeness (QED) is 0.598. The van der Waals surface area contributed by atoms with Crippen molar-refractivity contribution in [3.8, 4) is 0 Å². The molecule has 0 saturated heterocycles. The van der Waals surface area contributed by atoms with E-state index in [-0.39, 0.29) is 0 Å². The van der Waals surface area contributed by atoms with E-state index in [0.29, 0.717) is 5.92 Å². The van der Waals surface area contributed by atoms with Crippen molar-refractivity contribution < 1.29 is 0 Å². The van der Waals surface area contributed by atoms with Crippen LogP contribution in [0.2, 0.25) is 0 Å². The summed E-state index contributed by atoms with van der Waals surface area (Å²) in [7, 11) is 0. The van der Waals surface area contributed by atoms with E-state index in [4.69, 9.17) is 5.73 Å². The van der Waals surface area contributed by atoms with Crippen LogP contribution in [-0.2, 0) is 6.54 Å². The monoisotopic (exact) mass is 206 g/mol. The predicted molar refractivity (Wildman–Crippen MR) is 60.7 cm³/mol. The Morgan fingerprint density at radius 3 is 2.93 bits per heavy atom. The van der Waals surface area contributed by atoms with Gasteiger partial charge in [0.15, 0.2) is 0 Å². The molecular weight excluding hydrogens is 188 g/mol. The molecule has 1 aliphatic rings. The first-order valence-electron chi connectivity index (χ1n) is 5.62. The molecule has 0 unspecified atom stereocenters. The minimum atomic E-state index is 0.549. The molecule has 1 saturated carbocycles. The van der Waals surface area contributed by atoms with Gasteiger partial charge in [0.1, 0.15) is 0 Å². The molecule has 0 aliphatic heterocycles. The molecule has 0 atom stereocenters. The van der Waals surface area contributed by atoms with Crippen molar-refractivity contribution in [3.05, 3.63) is 18.7 Å². The van der Waals surface area contributed by atoms with Gasteiger partial charge in [-0.05, 0) is 12.8 Å². The third-order valence-corrected chi connectivity index (χ3v) is 2.99. The average molecular weight is 206 g/mol. The summed E-state index contributed by atoms with van der Waals surface area (Å²) in [4.78, 5) is 8.41. The van der Waals surface area contributed by atoms with Crippen molar-refractivity contribution in [3.63, 3.8) is 0 Å². The summed E-state index contributed by atoms with van der Waals surface area (Å²) in [6.07, 6.45) is 10.6. The average Bonchev–Trinajstić information content (AvgIpc) is 2.90. The number of nitrogens with zero attached hydrogens (tertiary/aromatic N) is 3. The number of rotatable bonds is 4. The Hall–Kier alpha value is -1.32. The molecule has 1 aromatic heterocycles. The molecule has 1 aliphatic carbocycles. The molecule has 0 aromatic carbocycles. The van der Waals surface area contributed by atoms with Crippen molar-refractivity contribution >= 4 is 5.84 Å². The minimum Gasteiger partial charge on any atom is -0.387 e. The molecular formula is C11H18N4. The van der Waals surface area contributed by atoms with Crippen molar-refractivity contribution in [2.75, 3.05) is 6.54 Å². The van der Waals surface area contributed by atoms with Gasteiger partial charge in [-0.3, -0.25) is 4.99 Å². The zero-order chi connectivity index (χ0) is 10.5. The second-order valence-corrected chi connectivity index (χ2v) is 4.09. The largest absolute Gasteiger partial charge is 0.387 e. The van der Waals surface area contributed by atoms with Crippen LogP contribution in [0.4, 0.5) is 0 Å². The Balaban J connectivity index is 1.78. The van der Waals surface area contributed by atoms with Crippen LogP contribution in [0.1, 0.15) is 25.7 Å². The topological polar surface area (TPSA) is 56.2 Å². The molecule has 4 nitrogen and oxygen atoms in total. The Kier molecular flexibility index (Phi) is 3.37. The number of aliphatic imine (C=N–C) groups is 1. The molecule has 1 aromatic rings. The highest BCUT2D eigenvalue weighted by molar-refractivity contribution is 5.83. The van der Waals surface area contributed by atoms with Crippen LogP contribution in [-0.4, -0.2) is 21.9 Å². The highest BCUT2D eigenvalue weighted by atomic mass is 15.0. The van der Waals surface area contributed by atoms with Crippen LogP contribution < -0.4 is 5.73 Å². The fraction of sp³-hybridized carbons (Fsp3) is 0.636. The molecule has 2 N–H and O–H groups in total. The lowest BCUT2D eigenvalue weighted by Crippen LogP contribution is -2.22. The van der Waals surface area contributed by atoms with E-state index in [1.165, 1.54) is 25.7 Å². The first kappa shape index (κ1) is 10.2. The second-order valence-electron chi connectivity index (χ2n) is 4.09. The zero-order valence-corrected chi connectivity index (χ0v) is 8.97. The van der Waals surface area contributed by atoms with E-state index in [1.54, 1.807) is 12.5 Å². The molecule has 15 heavy (non-hydrogen) atoms. The predicted octanol–water partition coefficient (Wildman–Crippen LogP) is 1.43. The Bertz CT molecular complexity index is 309. The molecule has 1 fully saturated rings. The first-order chi connectivity index (χ1) is 7.36. The summed E-state index contributed by atoms with van der Waals surface area (Å²) in [6.45, 7) is 1.63. The molecule has 0 bridgehead atoms. The summed E-state index contributed by atoms with van der Waals surface area (Å²) in [6, 6.07) is 0. The minimum absolute atomic E-state index is 0.549.